The Hall–Kier alpha value is -2.92. The number of hydrogen-bond donors (Lipinski definition) is 2. The Morgan fingerprint density at radius 1 is 1.19 bits per heavy atom. The third-order valence-corrected chi connectivity index (χ3v) is 5.62. The molecule has 0 aliphatic carbocycles. The van der Waals surface area contributed by atoms with Gasteiger partial charge in [-0.15, -0.1) is 0 Å². The molecular formula is C26H32N2O3. The fourth-order valence-electron chi connectivity index (χ4n) is 4.18. The summed E-state index contributed by atoms with van der Waals surface area (Å²) in [5.41, 5.74) is 6.45. The van der Waals surface area contributed by atoms with Crippen LogP contribution in [0.4, 0.5) is 5.69 Å². The first-order valence-corrected chi connectivity index (χ1v) is 11.1. The van der Waals surface area contributed by atoms with Gasteiger partial charge in [-0.1, -0.05) is 32.0 Å². The molecule has 1 atom stereocenters. The molecule has 1 aromatic heterocycles. The number of pyridine rings is 1. The quantitative estimate of drug-likeness (QED) is 0.523. The number of carboxylic acids is 1. The van der Waals surface area contributed by atoms with E-state index in [1.165, 1.54) is 5.56 Å². The number of ether oxygens (including phenoxy) is 1. The van der Waals surface area contributed by atoms with Crippen LogP contribution >= 0.6 is 0 Å². The van der Waals surface area contributed by atoms with E-state index >= 15 is 0 Å². The second-order valence-corrected chi connectivity index (χ2v) is 7.77. The molecule has 0 saturated carbocycles. The highest BCUT2D eigenvalue weighted by Gasteiger charge is 2.20. The van der Waals surface area contributed by atoms with E-state index in [4.69, 9.17) is 9.72 Å². The number of aryl methyl sites for hydroxylation is 2. The zero-order chi connectivity index (χ0) is 22.4. The van der Waals surface area contributed by atoms with Gasteiger partial charge in [-0.05, 0) is 67.6 Å². The molecule has 1 unspecified atom stereocenters. The Bertz CT molecular complexity index is 1060. The number of rotatable bonds is 5. The second kappa shape index (κ2) is 10.4. The third kappa shape index (κ3) is 5.23. The number of fused-ring (bicyclic) bond motifs is 1. The minimum atomic E-state index is -0.931. The number of anilines is 1. The van der Waals surface area contributed by atoms with Crippen molar-refractivity contribution in [3.8, 4) is 0 Å². The minimum absolute atomic E-state index is 0.276. The first-order chi connectivity index (χ1) is 15.0. The van der Waals surface area contributed by atoms with Gasteiger partial charge >= 0.3 is 5.97 Å². The van der Waals surface area contributed by atoms with E-state index in [1.54, 1.807) is 18.2 Å². The number of aromatic carboxylic acids is 1. The molecule has 1 aliphatic rings. The second-order valence-electron chi connectivity index (χ2n) is 7.77. The highest BCUT2D eigenvalue weighted by atomic mass is 16.5. The third-order valence-electron chi connectivity index (χ3n) is 5.62. The molecule has 2 aromatic carbocycles. The van der Waals surface area contributed by atoms with Crippen LogP contribution in [-0.2, 0) is 11.3 Å². The smallest absolute Gasteiger partial charge is 0.337 e. The van der Waals surface area contributed by atoms with Crippen molar-refractivity contribution < 1.29 is 14.6 Å². The van der Waals surface area contributed by atoms with E-state index in [9.17, 15) is 9.90 Å². The summed E-state index contributed by atoms with van der Waals surface area (Å²) in [5.74, 6) is -0.547. The molecule has 1 aliphatic heterocycles. The van der Waals surface area contributed by atoms with Crippen molar-refractivity contribution in [2.45, 2.75) is 53.0 Å². The first-order valence-electron chi connectivity index (χ1n) is 11.1. The molecule has 5 heteroatoms. The van der Waals surface area contributed by atoms with Crippen molar-refractivity contribution in [2.75, 3.05) is 18.5 Å². The molecule has 0 bridgehead atoms. The summed E-state index contributed by atoms with van der Waals surface area (Å²) in [6, 6.07) is 13.5. The minimum Gasteiger partial charge on any atom is -0.478 e. The van der Waals surface area contributed by atoms with Gasteiger partial charge in [0.2, 0.25) is 0 Å². The van der Waals surface area contributed by atoms with Crippen LogP contribution in [0.2, 0.25) is 0 Å². The van der Waals surface area contributed by atoms with E-state index in [1.807, 2.05) is 19.9 Å². The van der Waals surface area contributed by atoms with Gasteiger partial charge in [-0.2, -0.15) is 0 Å². The van der Waals surface area contributed by atoms with Gasteiger partial charge in [0.25, 0.3) is 0 Å². The molecule has 164 valence electrons. The molecule has 31 heavy (non-hydrogen) atoms. The Kier molecular flexibility index (Phi) is 7.64. The monoisotopic (exact) mass is 420 g/mol. The van der Waals surface area contributed by atoms with Crippen LogP contribution < -0.4 is 5.32 Å². The molecule has 5 nitrogen and oxygen atoms in total. The lowest BCUT2D eigenvalue weighted by Gasteiger charge is -2.24. The Morgan fingerprint density at radius 3 is 2.68 bits per heavy atom. The summed E-state index contributed by atoms with van der Waals surface area (Å²) >= 11 is 0. The van der Waals surface area contributed by atoms with Crippen LogP contribution in [-0.4, -0.2) is 29.3 Å². The maximum absolute atomic E-state index is 11.5. The highest BCUT2D eigenvalue weighted by Crippen LogP contribution is 2.31. The first kappa shape index (κ1) is 22.8. The van der Waals surface area contributed by atoms with Gasteiger partial charge in [0.05, 0.1) is 17.7 Å². The zero-order valence-electron chi connectivity index (χ0n) is 18.9. The normalized spacial score (nSPS) is 15.8. The van der Waals surface area contributed by atoms with Crippen molar-refractivity contribution in [1.82, 2.24) is 4.98 Å². The average Bonchev–Trinajstić information content (AvgIpc) is 2.79. The van der Waals surface area contributed by atoms with E-state index < -0.39 is 5.97 Å². The van der Waals surface area contributed by atoms with Crippen molar-refractivity contribution >= 4 is 22.6 Å². The average molecular weight is 421 g/mol. The lowest BCUT2D eigenvalue weighted by atomic mass is 9.90. The van der Waals surface area contributed by atoms with Crippen LogP contribution in [0.25, 0.3) is 10.9 Å². The van der Waals surface area contributed by atoms with Crippen molar-refractivity contribution in [1.29, 1.82) is 0 Å². The van der Waals surface area contributed by atoms with Gasteiger partial charge in [0, 0.05) is 35.8 Å². The van der Waals surface area contributed by atoms with Crippen LogP contribution in [0.1, 0.15) is 65.3 Å². The zero-order valence-corrected chi connectivity index (χ0v) is 18.9. The Labute approximate surface area is 184 Å². The molecule has 4 rings (SSSR count). The summed E-state index contributed by atoms with van der Waals surface area (Å²) in [6.07, 6.45) is 2.20. The summed E-state index contributed by atoms with van der Waals surface area (Å²) in [7, 11) is 0. The summed E-state index contributed by atoms with van der Waals surface area (Å²) in [6.45, 7) is 10.3. The summed E-state index contributed by atoms with van der Waals surface area (Å²) in [4.78, 5) is 16.4. The van der Waals surface area contributed by atoms with Gasteiger partial charge in [0.1, 0.15) is 0 Å². The summed E-state index contributed by atoms with van der Waals surface area (Å²) in [5, 5.41) is 13.9. The molecule has 0 radical (unpaired) electrons. The van der Waals surface area contributed by atoms with Crippen LogP contribution in [0, 0.1) is 13.8 Å². The predicted molar refractivity (Wildman–Crippen MR) is 126 cm³/mol. The topological polar surface area (TPSA) is 71.5 Å². The van der Waals surface area contributed by atoms with Crippen molar-refractivity contribution in [2.24, 2.45) is 0 Å². The predicted octanol–water partition coefficient (Wildman–Crippen LogP) is 6.08. The lowest BCUT2D eigenvalue weighted by Crippen LogP contribution is -2.17. The van der Waals surface area contributed by atoms with Crippen LogP contribution in [0.5, 0.6) is 0 Å². The molecule has 1 saturated heterocycles. The van der Waals surface area contributed by atoms with E-state index in [2.05, 4.69) is 37.4 Å². The maximum atomic E-state index is 11.5. The SMILES string of the molecule is CC.Cc1cc(CNc2ccccc2C(=O)O)c2cc(C3CCCOC3)c(C)nc2c1. The van der Waals surface area contributed by atoms with Gasteiger partial charge in [-0.3, -0.25) is 4.98 Å². The van der Waals surface area contributed by atoms with E-state index in [-0.39, 0.29) is 5.56 Å². The maximum Gasteiger partial charge on any atom is 0.337 e. The molecule has 0 amide bonds. The lowest BCUT2D eigenvalue weighted by molar-refractivity contribution is 0.0698. The number of benzene rings is 2. The molecular weight excluding hydrogens is 388 g/mol. The standard InChI is InChI=1S/C24H26N2O3.C2H6/c1-15-10-18(13-25-22-8-4-3-7-19(22)24(27)28)21-12-20(16(2)26-23(21)11-15)17-6-5-9-29-14-17;1-2/h3-4,7-8,10-12,17,25H,5-6,9,13-14H2,1-2H3,(H,27,28);1-2H3. The number of carboxylic acid groups (broad SMARTS) is 1. The van der Waals surface area contributed by atoms with E-state index in [0.29, 0.717) is 18.2 Å². The molecule has 1 fully saturated rings. The van der Waals surface area contributed by atoms with Crippen molar-refractivity contribution in [3.63, 3.8) is 0 Å². The Morgan fingerprint density at radius 2 is 1.97 bits per heavy atom. The largest absolute Gasteiger partial charge is 0.478 e. The van der Waals surface area contributed by atoms with E-state index in [0.717, 1.165) is 53.8 Å². The number of para-hydroxylation sites is 1. The number of carbonyl (C=O) groups is 1. The molecule has 2 N–H and O–H groups in total. The van der Waals surface area contributed by atoms with Gasteiger partial charge in [-0.25, -0.2) is 4.79 Å². The molecule has 0 spiro atoms. The molecule has 3 aromatic rings. The fraction of sp³-hybridized carbons (Fsp3) is 0.385. The molecule has 2 heterocycles. The van der Waals surface area contributed by atoms with Crippen LogP contribution in [0.15, 0.2) is 42.5 Å². The Balaban J connectivity index is 0.00000132. The number of hydrogen-bond acceptors (Lipinski definition) is 4. The summed E-state index contributed by atoms with van der Waals surface area (Å²) < 4.78 is 5.70. The number of nitrogens with one attached hydrogen (secondary N) is 1. The number of nitrogens with zero attached hydrogens (tertiary/aromatic N) is 1. The van der Waals surface area contributed by atoms with Crippen LogP contribution in [0.3, 0.4) is 0 Å². The number of aromatic nitrogens is 1. The van der Waals surface area contributed by atoms with Gasteiger partial charge in [0.15, 0.2) is 0 Å². The van der Waals surface area contributed by atoms with Crippen molar-refractivity contribution in [3.05, 3.63) is 70.4 Å². The highest BCUT2D eigenvalue weighted by molar-refractivity contribution is 5.94. The van der Waals surface area contributed by atoms with Gasteiger partial charge < -0.3 is 15.2 Å². The fourth-order valence-corrected chi connectivity index (χ4v) is 4.18.